The van der Waals surface area contributed by atoms with Gasteiger partial charge in [0.25, 0.3) is 0 Å². The largest absolute Gasteiger partial charge is 0.493 e. The van der Waals surface area contributed by atoms with E-state index in [4.69, 9.17) is 23.7 Å². The molecular formula is C23H28O8. The van der Waals surface area contributed by atoms with Crippen molar-refractivity contribution in [1.29, 1.82) is 0 Å². The number of carbonyl (C=O) groups is 2. The summed E-state index contributed by atoms with van der Waals surface area (Å²) in [6, 6.07) is 8.43. The highest BCUT2D eigenvalue weighted by molar-refractivity contribution is 5.91. The Balaban J connectivity index is 2.07. The van der Waals surface area contributed by atoms with Gasteiger partial charge in [-0.15, -0.1) is 0 Å². The highest BCUT2D eigenvalue weighted by Gasteiger charge is 2.22. The molecule has 0 atom stereocenters. The first-order chi connectivity index (χ1) is 14.6. The Morgan fingerprint density at radius 2 is 1.61 bits per heavy atom. The molecule has 0 spiro atoms. The van der Waals surface area contributed by atoms with Gasteiger partial charge in [0.05, 0.1) is 19.8 Å². The van der Waals surface area contributed by atoms with Crippen LogP contribution in [0.4, 0.5) is 0 Å². The molecule has 2 aromatic carbocycles. The van der Waals surface area contributed by atoms with Gasteiger partial charge in [-0.25, -0.2) is 9.59 Å². The van der Waals surface area contributed by atoms with E-state index in [0.717, 1.165) is 5.56 Å². The number of methoxy groups -OCH3 is 2. The molecule has 0 amide bonds. The zero-order valence-corrected chi connectivity index (χ0v) is 18.6. The first-order valence-corrected chi connectivity index (χ1v) is 9.61. The molecule has 0 bridgehead atoms. The van der Waals surface area contributed by atoms with E-state index >= 15 is 0 Å². The summed E-state index contributed by atoms with van der Waals surface area (Å²) in [5.41, 5.74) is 0.781. The maximum atomic E-state index is 11.7. The molecule has 0 saturated heterocycles. The van der Waals surface area contributed by atoms with Crippen LogP contribution in [0.15, 0.2) is 30.3 Å². The summed E-state index contributed by atoms with van der Waals surface area (Å²) < 4.78 is 27.2. The van der Waals surface area contributed by atoms with E-state index in [1.54, 1.807) is 52.0 Å². The number of benzene rings is 2. The van der Waals surface area contributed by atoms with Crippen molar-refractivity contribution in [2.45, 2.75) is 39.9 Å². The molecule has 8 heteroatoms. The van der Waals surface area contributed by atoms with E-state index in [1.165, 1.54) is 20.3 Å². The Labute approximate surface area is 181 Å². The molecule has 0 fully saturated rings. The Kier molecular flexibility index (Phi) is 7.74. The van der Waals surface area contributed by atoms with E-state index < -0.39 is 17.5 Å². The van der Waals surface area contributed by atoms with Gasteiger partial charge < -0.3 is 28.8 Å². The summed E-state index contributed by atoms with van der Waals surface area (Å²) in [4.78, 5) is 23.2. The van der Waals surface area contributed by atoms with Crippen LogP contribution in [0.5, 0.6) is 23.0 Å². The van der Waals surface area contributed by atoms with Crippen molar-refractivity contribution in [2.75, 3.05) is 20.8 Å². The van der Waals surface area contributed by atoms with Crippen LogP contribution in [0.2, 0.25) is 0 Å². The summed E-state index contributed by atoms with van der Waals surface area (Å²) in [5, 5.41) is 9.37. The van der Waals surface area contributed by atoms with Crippen LogP contribution in [0.25, 0.3) is 0 Å². The van der Waals surface area contributed by atoms with Crippen LogP contribution in [-0.2, 0) is 16.1 Å². The minimum absolute atomic E-state index is 0.0764. The Morgan fingerprint density at radius 1 is 0.968 bits per heavy atom. The summed E-state index contributed by atoms with van der Waals surface area (Å²) in [7, 11) is 2.87. The monoisotopic (exact) mass is 432 g/mol. The molecule has 0 aliphatic carbocycles. The molecule has 0 heterocycles. The fourth-order valence-corrected chi connectivity index (χ4v) is 2.82. The molecule has 0 radical (unpaired) electrons. The zero-order chi connectivity index (χ0) is 23.2. The third kappa shape index (κ3) is 6.53. The fraction of sp³-hybridized carbons (Fsp3) is 0.391. The second kappa shape index (κ2) is 10.1. The lowest BCUT2D eigenvalue weighted by atomic mass is 10.1. The Hall–Kier alpha value is -3.42. The number of hydrogen-bond acceptors (Lipinski definition) is 7. The quantitative estimate of drug-likeness (QED) is 0.593. The molecule has 1 N–H and O–H groups in total. The van der Waals surface area contributed by atoms with Crippen molar-refractivity contribution in [1.82, 2.24) is 0 Å². The van der Waals surface area contributed by atoms with Crippen LogP contribution in [0.3, 0.4) is 0 Å². The second-order valence-electron chi connectivity index (χ2n) is 7.73. The lowest BCUT2D eigenvalue weighted by Gasteiger charge is -2.19. The topological polar surface area (TPSA) is 101 Å². The molecule has 0 aliphatic rings. The van der Waals surface area contributed by atoms with E-state index in [1.807, 2.05) is 0 Å². The van der Waals surface area contributed by atoms with Crippen molar-refractivity contribution in [3.05, 3.63) is 47.0 Å². The SMILES string of the molecule is COc1cc(C(=O)O)c(C)c(OC)c1OCc1ccc(OCC(=O)OC(C)(C)C)cc1. The van der Waals surface area contributed by atoms with Crippen LogP contribution in [-0.4, -0.2) is 43.5 Å². The third-order valence-corrected chi connectivity index (χ3v) is 4.19. The van der Waals surface area contributed by atoms with Gasteiger partial charge in [-0.2, -0.15) is 0 Å². The molecule has 0 aliphatic heterocycles. The van der Waals surface area contributed by atoms with E-state index in [-0.39, 0.29) is 24.5 Å². The van der Waals surface area contributed by atoms with E-state index in [2.05, 4.69) is 0 Å². The summed E-state index contributed by atoms with van der Waals surface area (Å²) >= 11 is 0. The van der Waals surface area contributed by atoms with Gasteiger partial charge in [-0.1, -0.05) is 12.1 Å². The molecule has 8 nitrogen and oxygen atoms in total. The minimum Gasteiger partial charge on any atom is -0.493 e. The van der Waals surface area contributed by atoms with Gasteiger partial charge in [-0.3, -0.25) is 0 Å². The predicted molar refractivity (Wildman–Crippen MR) is 113 cm³/mol. The Morgan fingerprint density at radius 3 is 2.13 bits per heavy atom. The van der Waals surface area contributed by atoms with Crippen molar-refractivity contribution in [2.24, 2.45) is 0 Å². The number of aromatic carboxylic acids is 1. The van der Waals surface area contributed by atoms with Crippen LogP contribution in [0, 0.1) is 6.92 Å². The third-order valence-electron chi connectivity index (χ3n) is 4.19. The van der Waals surface area contributed by atoms with Crippen molar-refractivity contribution < 1.29 is 38.4 Å². The summed E-state index contributed by atoms with van der Waals surface area (Å²) in [6.07, 6.45) is 0. The first kappa shape index (κ1) is 23.9. The number of carbonyl (C=O) groups excluding carboxylic acids is 1. The maximum Gasteiger partial charge on any atom is 0.344 e. The fourth-order valence-electron chi connectivity index (χ4n) is 2.82. The van der Waals surface area contributed by atoms with Crippen molar-refractivity contribution in [3.8, 4) is 23.0 Å². The van der Waals surface area contributed by atoms with Gasteiger partial charge in [-0.05, 0) is 51.5 Å². The lowest BCUT2D eigenvalue weighted by molar-refractivity contribution is -0.157. The molecular weight excluding hydrogens is 404 g/mol. The van der Waals surface area contributed by atoms with Gasteiger partial charge in [0.15, 0.2) is 18.1 Å². The van der Waals surface area contributed by atoms with Crippen molar-refractivity contribution >= 4 is 11.9 Å². The lowest BCUT2D eigenvalue weighted by Crippen LogP contribution is -2.27. The number of carboxylic acids is 1. The molecule has 31 heavy (non-hydrogen) atoms. The Bertz CT molecular complexity index is 926. The average Bonchev–Trinajstić information content (AvgIpc) is 2.70. The highest BCUT2D eigenvalue weighted by Crippen LogP contribution is 2.42. The molecule has 168 valence electrons. The summed E-state index contributed by atoms with van der Waals surface area (Å²) in [5.74, 6) is -0.127. The smallest absolute Gasteiger partial charge is 0.344 e. The van der Waals surface area contributed by atoms with Gasteiger partial charge in [0, 0.05) is 5.56 Å². The van der Waals surface area contributed by atoms with Crippen LogP contribution < -0.4 is 18.9 Å². The van der Waals surface area contributed by atoms with Gasteiger partial charge >= 0.3 is 11.9 Å². The van der Waals surface area contributed by atoms with Crippen molar-refractivity contribution in [3.63, 3.8) is 0 Å². The normalized spacial score (nSPS) is 10.9. The number of carboxylic acid groups (broad SMARTS) is 1. The van der Waals surface area contributed by atoms with E-state index in [9.17, 15) is 14.7 Å². The molecule has 2 rings (SSSR count). The number of hydrogen-bond donors (Lipinski definition) is 1. The van der Waals surface area contributed by atoms with Gasteiger partial charge in [0.1, 0.15) is 18.0 Å². The van der Waals surface area contributed by atoms with E-state index in [0.29, 0.717) is 22.8 Å². The molecule has 0 aromatic heterocycles. The number of rotatable bonds is 9. The number of ether oxygens (including phenoxy) is 5. The zero-order valence-electron chi connectivity index (χ0n) is 18.6. The second-order valence-corrected chi connectivity index (χ2v) is 7.73. The van der Waals surface area contributed by atoms with Gasteiger partial charge in [0.2, 0.25) is 5.75 Å². The predicted octanol–water partition coefficient (Wildman–Crippen LogP) is 4.01. The highest BCUT2D eigenvalue weighted by atomic mass is 16.6. The average molecular weight is 432 g/mol. The standard InChI is InChI=1S/C23H28O8/c1-14-17(22(25)26)11-18(27-5)21(20(14)28-6)30-12-15-7-9-16(10-8-15)29-13-19(24)31-23(2,3)4/h7-11H,12-13H2,1-6H3,(H,25,26). The minimum atomic E-state index is -1.08. The molecule has 0 unspecified atom stereocenters. The van der Waals surface area contributed by atoms with Crippen LogP contribution >= 0.6 is 0 Å². The number of esters is 1. The maximum absolute atomic E-state index is 11.7. The summed E-state index contributed by atoms with van der Waals surface area (Å²) in [6.45, 7) is 7.02. The first-order valence-electron chi connectivity index (χ1n) is 9.61. The molecule has 0 saturated carbocycles. The molecule has 2 aromatic rings. The van der Waals surface area contributed by atoms with Crippen LogP contribution in [0.1, 0.15) is 42.3 Å².